The van der Waals surface area contributed by atoms with E-state index in [1.807, 2.05) is 38.1 Å². The van der Waals surface area contributed by atoms with E-state index in [1.165, 1.54) is 0 Å². The molecule has 2 amide bonds. The van der Waals surface area contributed by atoms with Crippen LogP contribution in [0.2, 0.25) is 0 Å². The van der Waals surface area contributed by atoms with Crippen molar-refractivity contribution in [2.75, 3.05) is 24.3 Å². The summed E-state index contributed by atoms with van der Waals surface area (Å²) in [6.45, 7) is 1.95. The number of anilines is 2. The van der Waals surface area contributed by atoms with Crippen LogP contribution in [0.4, 0.5) is 16.2 Å². The molecule has 0 aromatic heterocycles. The number of carbonyl (C=O) groups excluding carboxylic acids is 1. The molecular weight excluding hydrogens is 270 g/mol. The van der Waals surface area contributed by atoms with Gasteiger partial charge in [0.25, 0.3) is 0 Å². The Hall–Kier alpha value is -2.24. The van der Waals surface area contributed by atoms with Crippen LogP contribution in [0.25, 0.3) is 0 Å². The van der Waals surface area contributed by atoms with Gasteiger partial charge in [0.15, 0.2) is 0 Å². The van der Waals surface area contributed by atoms with Crippen molar-refractivity contribution in [3.8, 4) is 0 Å². The summed E-state index contributed by atoms with van der Waals surface area (Å²) in [4.78, 5) is 24.6. The topological polar surface area (TPSA) is 81.7 Å². The number of rotatable bonds is 7. The molecule has 1 aromatic rings. The van der Waals surface area contributed by atoms with E-state index >= 15 is 0 Å². The third kappa shape index (κ3) is 6.16. The lowest BCUT2D eigenvalue weighted by Crippen LogP contribution is -2.39. The van der Waals surface area contributed by atoms with Gasteiger partial charge in [0.1, 0.15) is 0 Å². The van der Waals surface area contributed by atoms with Crippen LogP contribution < -0.4 is 15.5 Å². The Kier molecular flexibility index (Phi) is 6.52. The van der Waals surface area contributed by atoms with Gasteiger partial charge in [-0.3, -0.25) is 4.79 Å². The van der Waals surface area contributed by atoms with Crippen LogP contribution in [0.1, 0.15) is 26.2 Å². The maximum absolute atomic E-state index is 11.9. The average Bonchev–Trinajstić information content (AvgIpc) is 2.38. The normalized spacial score (nSPS) is 11.6. The smallest absolute Gasteiger partial charge is 0.319 e. The zero-order chi connectivity index (χ0) is 15.8. The lowest BCUT2D eigenvalue weighted by Gasteiger charge is -2.17. The fourth-order valence-electron chi connectivity index (χ4n) is 1.98. The van der Waals surface area contributed by atoms with E-state index in [2.05, 4.69) is 10.6 Å². The standard InChI is InChI=1S/C15H23N3O3/c1-4-5-12(10-14(19)20)17-15(21)16-11-6-8-13(9-7-11)18(2)3/h6-9,12H,4-5,10H2,1-3H3,(H,19,20)(H2,16,17,21). The van der Waals surface area contributed by atoms with Crippen LogP contribution in [0, 0.1) is 0 Å². The third-order valence-electron chi connectivity index (χ3n) is 3.03. The fraction of sp³-hybridized carbons (Fsp3) is 0.467. The summed E-state index contributed by atoms with van der Waals surface area (Å²) < 4.78 is 0. The highest BCUT2D eigenvalue weighted by molar-refractivity contribution is 5.89. The number of aliphatic carboxylic acids is 1. The SMILES string of the molecule is CCCC(CC(=O)O)NC(=O)Nc1ccc(N(C)C)cc1. The Balaban J connectivity index is 2.56. The lowest BCUT2D eigenvalue weighted by molar-refractivity contribution is -0.137. The van der Waals surface area contributed by atoms with Crippen LogP contribution in [-0.4, -0.2) is 37.2 Å². The van der Waals surface area contributed by atoms with E-state index in [0.717, 1.165) is 12.1 Å². The molecule has 1 rings (SSSR count). The van der Waals surface area contributed by atoms with Gasteiger partial charge < -0.3 is 20.6 Å². The van der Waals surface area contributed by atoms with E-state index in [0.29, 0.717) is 12.1 Å². The molecule has 0 radical (unpaired) electrons. The highest BCUT2D eigenvalue weighted by Gasteiger charge is 2.15. The summed E-state index contributed by atoms with van der Waals surface area (Å²) in [6, 6.07) is 6.68. The summed E-state index contributed by atoms with van der Waals surface area (Å²) in [5, 5.41) is 14.2. The average molecular weight is 293 g/mol. The number of nitrogens with zero attached hydrogens (tertiary/aromatic N) is 1. The highest BCUT2D eigenvalue weighted by Crippen LogP contribution is 2.15. The number of carbonyl (C=O) groups is 2. The number of benzene rings is 1. The molecule has 21 heavy (non-hydrogen) atoms. The first-order valence-corrected chi connectivity index (χ1v) is 6.99. The number of hydrogen-bond acceptors (Lipinski definition) is 3. The Morgan fingerprint density at radius 1 is 1.24 bits per heavy atom. The van der Waals surface area contributed by atoms with Gasteiger partial charge >= 0.3 is 12.0 Å². The van der Waals surface area contributed by atoms with E-state index in [-0.39, 0.29) is 18.5 Å². The maximum atomic E-state index is 11.9. The van der Waals surface area contributed by atoms with E-state index < -0.39 is 5.97 Å². The van der Waals surface area contributed by atoms with E-state index in [9.17, 15) is 9.59 Å². The van der Waals surface area contributed by atoms with Crippen LogP contribution in [-0.2, 0) is 4.79 Å². The molecule has 1 unspecified atom stereocenters. The molecule has 0 aliphatic heterocycles. The molecule has 1 atom stereocenters. The van der Waals surface area contributed by atoms with Crippen molar-refractivity contribution < 1.29 is 14.7 Å². The molecule has 116 valence electrons. The van der Waals surface area contributed by atoms with Gasteiger partial charge in [0.2, 0.25) is 0 Å². The first-order valence-electron chi connectivity index (χ1n) is 6.99. The molecule has 0 saturated heterocycles. The predicted octanol–water partition coefficient (Wildman–Crippen LogP) is 2.52. The minimum Gasteiger partial charge on any atom is -0.481 e. The van der Waals surface area contributed by atoms with Crippen LogP contribution in [0.3, 0.4) is 0 Å². The Morgan fingerprint density at radius 2 is 1.86 bits per heavy atom. The number of urea groups is 1. The van der Waals surface area contributed by atoms with Crippen molar-refractivity contribution in [3.63, 3.8) is 0 Å². The first kappa shape index (κ1) is 16.8. The summed E-state index contributed by atoms with van der Waals surface area (Å²) in [5.41, 5.74) is 1.71. The molecule has 0 fully saturated rings. The van der Waals surface area contributed by atoms with Crippen molar-refractivity contribution in [3.05, 3.63) is 24.3 Å². The number of hydrogen-bond donors (Lipinski definition) is 3. The zero-order valence-corrected chi connectivity index (χ0v) is 12.7. The highest BCUT2D eigenvalue weighted by atomic mass is 16.4. The molecule has 0 saturated carbocycles. The number of carboxylic acids is 1. The predicted molar refractivity (Wildman–Crippen MR) is 83.9 cm³/mol. The molecular formula is C15H23N3O3. The summed E-state index contributed by atoms with van der Waals surface area (Å²) in [5.74, 6) is -0.913. The molecule has 0 aliphatic carbocycles. The van der Waals surface area contributed by atoms with Crippen LogP contribution in [0.5, 0.6) is 0 Å². The van der Waals surface area contributed by atoms with E-state index in [4.69, 9.17) is 5.11 Å². The van der Waals surface area contributed by atoms with E-state index in [1.54, 1.807) is 12.1 Å². The number of nitrogens with one attached hydrogen (secondary N) is 2. The largest absolute Gasteiger partial charge is 0.481 e. The van der Waals surface area contributed by atoms with Crippen molar-refractivity contribution in [2.45, 2.75) is 32.2 Å². The second-order valence-corrected chi connectivity index (χ2v) is 5.12. The summed E-state index contributed by atoms with van der Waals surface area (Å²) in [6.07, 6.45) is 1.38. The van der Waals surface area contributed by atoms with Gasteiger partial charge in [0.05, 0.1) is 6.42 Å². The van der Waals surface area contributed by atoms with Crippen molar-refractivity contribution in [2.24, 2.45) is 0 Å². The van der Waals surface area contributed by atoms with Crippen molar-refractivity contribution >= 4 is 23.4 Å². The van der Waals surface area contributed by atoms with Crippen molar-refractivity contribution in [1.82, 2.24) is 5.32 Å². The number of carboxylic acid groups (broad SMARTS) is 1. The second kappa shape index (κ2) is 8.14. The molecule has 0 bridgehead atoms. The minimum absolute atomic E-state index is 0.0686. The Bertz CT molecular complexity index is 472. The van der Waals surface area contributed by atoms with Gasteiger partial charge in [0, 0.05) is 31.5 Å². The molecule has 0 aliphatic rings. The van der Waals surface area contributed by atoms with Gasteiger partial charge in [-0.25, -0.2) is 4.79 Å². The minimum atomic E-state index is -0.913. The molecule has 0 spiro atoms. The molecule has 3 N–H and O–H groups in total. The molecule has 0 heterocycles. The lowest BCUT2D eigenvalue weighted by atomic mass is 10.1. The zero-order valence-electron chi connectivity index (χ0n) is 12.7. The van der Waals surface area contributed by atoms with Crippen molar-refractivity contribution in [1.29, 1.82) is 0 Å². The maximum Gasteiger partial charge on any atom is 0.319 e. The third-order valence-corrected chi connectivity index (χ3v) is 3.03. The van der Waals surface area contributed by atoms with Crippen LogP contribution in [0.15, 0.2) is 24.3 Å². The van der Waals surface area contributed by atoms with Crippen LogP contribution >= 0.6 is 0 Å². The first-order chi connectivity index (χ1) is 9.92. The summed E-state index contributed by atoms with van der Waals surface area (Å²) >= 11 is 0. The Morgan fingerprint density at radius 3 is 2.33 bits per heavy atom. The van der Waals surface area contributed by atoms with Gasteiger partial charge in [-0.15, -0.1) is 0 Å². The summed E-state index contributed by atoms with van der Waals surface area (Å²) in [7, 11) is 3.88. The monoisotopic (exact) mass is 293 g/mol. The van der Waals surface area contributed by atoms with Gasteiger partial charge in [-0.05, 0) is 30.7 Å². The second-order valence-electron chi connectivity index (χ2n) is 5.12. The fourth-order valence-corrected chi connectivity index (χ4v) is 1.98. The molecule has 6 nitrogen and oxygen atoms in total. The van der Waals surface area contributed by atoms with Gasteiger partial charge in [-0.1, -0.05) is 13.3 Å². The van der Waals surface area contributed by atoms with Gasteiger partial charge in [-0.2, -0.15) is 0 Å². The number of amides is 2. The molecule has 1 aromatic carbocycles. The quantitative estimate of drug-likeness (QED) is 0.721. The Labute approximate surface area is 125 Å². The molecule has 6 heteroatoms.